The van der Waals surface area contributed by atoms with Crippen molar-refractivity contribution in [3.05, 3.63) is 64.1 Å². The molecule has 0 aliphatic carbocycles. The molecule has 0 spiro atoms. The van der Waals surface area contributed by atoms with E-state index in [9.17, 15) is 18.4 Å². The Bertz CT molecular complexity index is 653. The lowest BCUT2D eigenvalue weighted by Gasteiger charge is -2.05. The van der Waals surface area contributed by atoms with E-state index in [1.807, 2.05) is 0 Å². The lowest BCUT2D eigenvalue weighted by Crippen LogP contribution is -2.18. The summed E-state index contributed by atoms with van der Waals surface area (Å²) in [6, 6.07) is 6.79. The molecule has 0 aliphatic rings. The Morgan fingerprint density at radius 1 is 1.17 bits per heavy atom. The lowest BCUT2D eigenvalue weighted by atomic mass is 10.2. The van der Waals surface area contributed by atoms with Gasteiger partial charge in [-0.25, -0.2) is 8.78 Å². The average Bonchev–Trinajstić information content (AvgIpc) is 2.32. The van der Waals surface area contributed by atoms with Crippen molar-refractivity contribution in [2.75, 3.05) is 5.32 Å². The first-order chi connectivity index (χ1) is 8.56. The maximum atomic E-state index is 13.3. The van der Waals surface area contributed by atoms with Gasteiger partial charge in [-0.05, 0) is 18.2 Å². The van der Waals surface area contributed by atoms with Gasteiger partial charge in [-0.3, -0.25) is 9.59 Å². The van der Waals surface area contributed by atoms with E-state index < -0.39 is 23.1 Å². The van der Waals surface area contributed by atoms with Gasteiger partial charge in [-0.1, -0.05) is 6.07 Å². The molecule has 0 saturated carbocycles. The Balaban J connectivity index is 2.24. The molecule has 4 nitrogen and oxygen atoms in total. The summed E-state index contributed by atoms with van der Waals surface area (Å²) in [6.45, 7) is 0. The first-order valence-corrected chi connectivity index (χ1v) is 5.02. The highest BCUT2D eigenvalue weighted by molar-refractivity contribution is 6.02. The largest absolute Gasteiger partial charge is 0.318 e. The minimum atomic E-state index is -0.887. The molecule has 92 valence electrons. The van der Waals surface area contributed by atoms with E-state index in [1.54, 1.807) is 0 Å². The van der Waals surface area contributed by atoms with Gasteiger partial charge in [0.15, 0.2) is 0 Å². The first-order valence-electron chi connectivity index (χ1n) is 5.02. The summed E-state index contributed by atoms with van der Waals surface area (Å²) in [6.07, 6.45) is 0. The molecule has 0 bridgehead atoms. The highest BCUT2D eigenvalue weighted by Crippen LogP contribution is 2.15. The number of amides is 1. The summed E-state index contributed by atoms with van der Waals surface area (Å²) in [5.74, 6) is -2.31. The summed E-state index contributed by atoms with van der Waals surface area (Å²) in [4.78, 5) is 25.0. The van der Waals surface area contributed by atoms with Crippen LogP contribution in [0.4, 0.5) is 14.5 Å². The van der Waals surface area contributed by atoms with Crippen molar-refractivity contribution in [3.8, 4) is 0 Å². The third-order valence-corrected chi connectivity index (χ3v) is 2.19. The van der Waals surface area contributed by atoms with Gasteiger partial charge in [0.25, 0.3) is 5.91 Å². The Hall–Kier alpha value is -2.50. The second-order valence-electron chi connectivity index (χ2n) is 3.51. The Kier molecular flexibility index (Phi) is 3.18. The van der Waals surface area contributed by atoms with Crippen LogP contribution in [0.3, 0.4) is 0 Å². The SMILES string of the molecule is O=C(Nc1ccc(F)cc1F)c1cccc(=O)[nH]1. The number of benzene rings is 1. The smallest absolute Gasteiger partial charge is 0.272 e. The zero-order valence-corrected chi connectivity index (χ0v) is 9.04. The first kappa shape index (κ1) is 12.0. The fourth-order valence-electron chi connectivity index (χ4n) is 1.36. The summed E-state index contributed by atoms with van der Waals surface area (Å²) in [7, 11) is 0. The van der Waals surface area contributed by atoms with Gasteiger partial charge in [0, 0.05) is 12.1 Å². The van der Waals surface area contributed by atoms with Crippen LogP contribution in [0.15, 0.2) is 41.2 Å². The quantitative estimate of drug-likeness (QED) is 0.855. The molecule has 0 fully saturated rings. The molecule has 6 heteroatoms. The van der Waals surface area contributed by atoms with Gasteiger partial charge < -0.3 is 10.3 Å². The van der Waals surface area contributed by atoms with Gasteiger partial charge in [0.05, 0.1) is 5.69 Å². The van der Waals surface area contributed by atoms with Crippen LogP contribution in [0, 0.1) is 11.6 Å². The number of aromatic amines is 1. The van der Waals surface area contributed by atoms with E-state index >= 15 is 0 Å². The van der Waals surface area contributed by atoms with Crippen LogP contribution < -0.4 is 10.9 Å². The number of hydrogen-bond acceptors (Lipinski definition) is 2. The molecule has 0 atom stereocenters. The fourth-order valence-corrected chi connectivity index (χ4v) is 1.36. The van der Waals surface area contributed by atoms with Crippen molar-refractivity contribution in [2.45, 2.75) is 0 Å². The molecule has 1 amide bonds. The monoisotopic (exact) mass is 250 g/mol. The van der Waals surface area contributed by atoms with Crippen LogP contribution in [-0.4, -0.2) is 10.9 Å². The van der Waals surface area contributed by atoms with Crippen molar-refractivity contribution in [3.63, 3.8) is 0 Å². The van der Waals surface area contributed by atoms with E-state index in [-0.39, 0.29) is 11.4 Å². The zero-order valence-electron chi connectivity index (χ0n) is 9.04. The number of anilines is 1. The molecular weight excluding hydrogens is 242 g/mol. The summed E-state index contributed by atoms with van der Waals surface area (Å²) < 4.78 is 25.9. The third-order valence-electron chi connectivity index (χ3n) is 2.19. The molecule has 2 N–H and O–H groups in total. The Labute approximate surface area is 100 Å². The minimum absolute atomic E-state index is 0.00812. The van der Waals surface area contributed by atoms with Crippen LogP contribution in [-0.2, 0) is 0 Å². The highest BCUT2D eigenvalue weighted by atomic mass is 19.1. The molecule has 1 aromatic heterocycles. The number of hydrogen-bond donors (Lipinski definition) is 2. The van der Waals surface area contributed by atoms with E-state index in [0.29, 0.717) is 6.07 Å². The highest BCUT2D eigenvalue weighted by Gasteiger charge is 2.10. The number of halogens is 2. The predicted octanol–water partition coefficient (Wildman–Crippen LogP) is 1.91. The second kappa shape index (κ2) is 4.79. The molecule has 0 unspecified atom stereocenters. The molecular formula is C12H8F2N2O2. The van der Waals surface area contributed by atoms with E-state index in [2.05, 4.69) is 10.3 Å². The van der Waals surface area contributed by atoms with Crippen molar-refractivity contribution >= 4 is 11.6 Å². The molecule has 18 heavy (non-hydrogen) atoms. The van der Waals surface area contributed by atoms with Crippen LogP contribution in [0.25, 0.3) is 0 Å². The molecule has 0 saturated heterocycles. The summed E-state index contributed by atoms with van der Waals surface area (Å²) in [5, 5.41) is 2.23. The van der Waals surface area contributed by atoms with Gasteiger partial charge >= 0.3 is 0 Å². The van der Waals surface area contributed by atoms with Gasteiger partial charge in [0.2, 0.25) is 5.56 Å². The Morgan fingerprint density at radius 3 is 2.61 bits per heavy atom. The number of rotatable bonds is 2. The predicted molar refractivity (Wildman–Crippen MR) is 61.4 cm³/mol. The summed E-state index contributed by atoms with van der Waals surface area (Å²) >= 11 is 0. The molecule has 1 heterocycles. The number of carbonyl (C=O) groups excluding carboxylic acids is 1. The van der Waals surface area contributed by atoms with Gasteiger partial charge in [0.1, 0.15) is 17.3 Å². The fraction of sp³-hybridized carbons (Fsp3) is 0. The maximum Gasteiger partial charge on any atom is 0.272 e. The lowest BCUT2D eigenvalue weighted by molar-refractivity contribution is 0.102. The third kappa shape index (κ3) is 2.60. The molecule has 0 radical (unpaired) electrons. The van der Waals surface area contributed by atoms with E-state index in [0.717, 1.165) is 12.1 Å². The molecule has 2 aromatic rings. The van der Waals surface area contributed by atoms with Crippen LogP contribution in [0.5, 0.6) is 0 Å². The average molecular weight is 250 g/mol. The summed E-state index contributed by atoms with van der Waals surface area (Å²) in [5.41, 5.74) is -0.612. The standard InChI is InChI=1S/C12H8F2N2O2/c13-7-4-5-9(8(14)6-7)16-12(18)10-2-1-3-11(17)15-10/h1-6H,(H,15,17)(H,16,18). The second-order valence-corrected chi connectivity index (χ2v) is 3.51. The Morgan fingerprint density at radius 2 is 1.94 bits per heavy atom. The van der Waals surface area contributed by atoms with Gasteiger partial charge in [-0.2, -0.15) is 0 Å². The van der Waals surface area contributed by atoms with E-state index in [4.69, 9.17) is 0 Å². The van der Waals surface area contributed by atoms with Crippen LogP contribution >= 0.6 is 0 Å². The maximum absolute atomic E-state index is 13.3. The number of nitrogens with one attached hydrogen (secondary N) is 2. The van der Waals surface area contributed by atoms with Crippen LogP contribution in [0.2, 0.25) is 0 Å². The minimum Gasteiger partial charge on any atom is -0.318 e. The number of carbonyl (C=O) groups is 1. The number of H-pyrrole nitrogens is 1. The van der Waals surface area contributed by atoms with Crippen molar-refractivity contribution in [2.24, 2.45) is 0 Å². The molecule has 1 aromatic carbocycles. The van der Waals surface area contributed by atoms with Crippen molar-refractivity contribution in [1.82, 2.24) is 4.98 Å². The van der Waals surface area contributed by atoms with E-state index in [1.165, 1.54) is 18.2 Å². The van der Waals surface area contributed by atoms with Crippen molar-refractivity contribution in [1.29, 1.82) is 0 Å². The van der Waals surface area contributed by atoms with Crippen LogP contribution in [0.1, 0.15) is 10.5 Å². The normalized spacial score (nSPS) is 10.1. The van der Waals surface area contributed by atoms with Crippen molar-refractivity contribution < 1.29 is 13.6 Å². The topological polar surface area (TPSA) is 62.0 Å². The van der Waals surface area contributed by atoms with Gasteiger partial charge in [-0.15, -0.1) is 0 Å². The number of pyridine rings is 1. The number of aromatic nitrogens is 1. The molecule has 2 rings (SSSR count). The zero-order chi connectivity index (χ0) is 13.1. The molecule has 0 aliphatic heterocycles.